The number of hydrogen-bond acceptors (Lipinski definition) is 2. The van der Waals surface area contributed by atoms with Crippen LogP contribution in [0.3, 0.4) is 0 Å². The van der Waals surface area contributed by atoms with Crippen molar-refractivity contribution in [2.75, 3.05) is 13.7 Å². The number of ether oxygens (including phenoxy) is 1. The molecular weight excluding hydrogens is 318 g/mol. The van der Waals surface area contributed by atoms with Crippen LogP contribution >= 0.6 is 15.9 Å². The van der Waals surface area contributed by atoms with E-state index in [1.807, 2.05) is 6.07 Å². The van der Waals surface area contributed by atoms with E-state index in [1.54, 1.807) is 19.2 Å². The first-order valence-corrected chi connectivity index (χ1v) is 8.10. The Kier molecular flexibility index (Phi) is 8.35. The summed E-state index contributed by atoms with van der Waals surface area (Å²) in [6, 6.07) is 5.43. The molecule has 0 aromatic heterocycles. The van der Waals surface area contributed by atoms with Crippen LogP contribution in [0.1, 0.15) is 55.8 Å². The minimum Gasteiger partial charge on any atom is -0.496 e. The van der Waals surface area contributed by atoms with Gasteiger partial charge in [0.05, 0.1) is 12.7 Å². The Labute approximate surface area is 130 Å². The highest BCUT2D eigenvalue weighted by molar-refractivity contribution is 9.10. The van der Waals surface area contributed by atoms with Gasteiger partial charge >= 0.3 is 0 Å². The SMILES string of the molecule is CCCCCCCCNC(=O)c1ccc(Br)cc1OC. The lowest BCUT2D eigenvalue weighted by molar-refractivity contribution is 0.0950. The Bertz CT molecular complexity index is 421. The number of benzene rings is 1. The van der Waals surface area contributed by atoms with Crippen molar-refractivity contribution in [1.29, 1.82) is 0 Å². The Balaban J connectivity index is 2.32. The number of carbonyl (C=O) groups is 1. The number of methoxy groups -OCH3 is 1. The quantitative estimate of drug-likeness (QED) is 0.669. The lowest BCUT2D eigenvalue weighted by atomic mass is 10.1. The molecule has 0 bridgehead atoms. The fourth-order valence-electron chi connectivity index (χ4n) is 2.06. The Morgan fingerprint density at radius 3 is 2.60 bits per heavy atom. The smallest absolute Gasteiger partial charge is 0.255 e. The molecule has 1 aromatic carbocycles. The van der Waals surface area contributed by atoms with Crippen LogP contribution in [0.15, 0.2) is 22.7 Å². The number of carbonyl (C=O) groups excluding carboxylic acids is 1. The summed E-state index contributed by atoms with van der Waals surface area (Å²) in [6.45, 7) is 2.94. The summed E-state index contributed by atoms with van der Waals surface area (Å²) in [5, 5.41) is 2.95. The summed E-state index contributed by atoms with van der Waals surface area (Å²) in [5.74, 6) is 0.530. The molecule has 1 N–H and O–H groups in total. The third-order valence-corrected chi connectivity index (χ3v) is 3.72. The van der Waals surface area contributed by atoms with Crippen LogP contribution in [0.2, 0.25) is 0 Å². The lowest BCUT2D eigenvalue weighted by Gasteiger charge is -2.09. The molecule has 0 saturated carbocycles. The highest BCUT2D eigenvalue weighted by atomic mass is 79.9. The maximum Gasteiger partial charge on any atom is 0.255 e. The zero-order chi connectivity index (χ0) is 14.8. The Morgan fingerprint density at radius 2 is 1.90 bits per heavy atom. The van der Waals surface area contributed by atoms with Gasteiger partial charge in [0.2, 0.25) is 0 Å². The van der Waals surface area contributed by atoms with Crippen LogP contribution < -0.4 is 10.1 Å². The molecule has 0 radical (unpaired) electrons. The van der Waals surface area contributed by atoms with Gasteiger partial charge in [-0.1, -0.05) is 55.0 Å². The minimum atomic E-state index is -0.0668. The van der Waals surface area contributed by atoms with Gasteiger partial charge in [0, 0.05) is 11.0 Å². The molecular formula is C16H24BrNO2. The molecule has 0 spiro atoms. The largest absolute Gasteiger partial charge is 0.496 e. The molecule has 0 aliphatic carbocycles. The van der Waals surface area contributed by atoms with Crippen LogP contribution in [0.5, 0.6) is 5.75 Å². The first kappa shape index (κ1) is 17.0. The van der Waals surface area contributed by atoms with Gasteiger partial charge in [0.25, 0.3) is 5.91 Å². The third-order valence-electron chi connectivity index (χ3n) is 3.22. The first-order chi connectivity index (χ1) is 9.69. The van der Waals surface area contributed by atoms with E-state index in [0.29, 0.717) is 11.3 Å². The molecule has 0 fully saturated rings. The zero-order valence-electron chi connectivity index (χ0n) is 12.4. The van der Waals surface area contributed by atoms with Gasteiger partial charge in [0.15, 0.2) is 0 Å². The van der Waals surface area contributed by atoms with Crippen molar-refractivity contribution in [1.82, 2.24) is 5.32 Å². The molecule has 0 heterocycles. The molecule has 3 nitrogen and oxygen atoms in total. The number of hydrogen-bond donors (Lipinski definition) is 1. The summed E-state index contributed by atoms with van der Waals surface area (Å²) in [4.78, 5) is 12.1. The van der Waals surface area contributed by atoms with E-state index in [-0.39, 0.29) is 5.91 Å². The molecule has 20 heavy (non-hydrogen) atoms. The lowest BCUT2D eigenvalue weighted by Crippen LogP contribution is -2.24. The van der Waals surface area contributed by atoms with Gasteiger partial charge < -0.3 is 10.1 Å². The molecule has 1 rings (SSSR count). The Hall–Kier alpha value is -1.03. The van der Waals surface area contributed by atoms with Crippen LogP contribution in [-0.2, 0) is 0 Å². The third kappa shape index (κ3) is 5.95. The van der Waals surface area contributed by atoms with Gasteiger partial charge in [-0.3, -0.25) is 4.79 Å². The second kappa shape index (κ2) is 9.81. The van der Waals surface area contributed by atoms with E-state index in [9.17, 15) is 4.79 Å². The van der Waals surface area contributed by atoms with Crippen LogP contribution in [-0.4, -0.2) is 19.6 Å². The standard InChI is InChI=1S/C16H24BrNO2/c1-3-4-5-6-7-8-11-18-16(19)14-10-9-13(17)12-15(14)20-2/h9-10,12H,3-8,11H2,1-2H3,(H,18,19). The molecule has 1 aromatic rings. The molecule has 0 unspecified atom stereocenters. The van der Waals surface area contributed by atoms with Gasteiger partial charge in [-0.2, -0.15) is 0 Å². The molecule has 0 aliphatic rings. The Morgan fingerprint density at radius 1 is 1.20 bits per heavy atom. The number of amides is 1. The predicted octanol–water partition coefficient (Wildman–Crippen LogP) is 4.55. The van der Waals surface area contributed by atoms with Crippen molar-refractivity contribution in [3.05, 3.63) is 28.2 Å². The van der Waals surface area contributed by atoms with E-state index in [4.69, 9.17) is 4.74 Å². The zero-order valence-corrected chi connectivity index (χ0v) is 14.0. The highest BCUT2D eigenvalue weighted by Gasteiger charge is 2.11. The monoisotopic (exact) mass is 341 g/mol. The van der Waals surface area contributed by atoms with Gasteiger partial charge in [-0.25, -0.2) is 0 Å². The molecule has 112 valence electrons. The maximum atomic E-state index is 12.1. The van der Waals surface area contributed by atoms with Crippen molar-refractivity contribution in [2.45, 2.75) is 45.4 Å². The average Bonchev–Trinajstić information content (AvgIpc) is 2.45. The van der Waals surface area contributed by atoms with Crippen LogP contribution in [0, 0.1) is 0 Å². The molecule has 4 heteroatoms. The summed E-state index contributed by atoms with van der Waals surface area (Å²) in [5.41, 5.74) is 0.585. The van der Waals surface area contributed by atoms with Crippen LogP contribution in [0.4, 0.5) is 0 Å². The fourth-order valence-corrected chi connectivity index (χ4v) is 2.40. The van der Waals surface area contributed by atoms with Crippen molar-refractivity contribution < 1.29 is 9.53 Å². The normalized spacial score (nSPS) is 10.3. The predicted molar refractivity (Wildman–Crippen MR) is 86.4 cm³/mol. The number of halogens is 1. The first-order valence-electron chi connectivity index (χ1n) is 7.30. The number of nitrogens with one attached hydrogen (secondary N) is 1. The van der Waals surface area contributed by atoms with Gasteiger partial charge in [0.1, 0.15) is 5.75 Å². The van der Waals surface area contributed by atoms with E-state index in [0.717, 1.165) is 17.4 Å². The summed E-state index contributed by atoms with van der Waals surface area (Å²) < 4.78 is 6.13. The van der Waals surface area contributed by atoms with Crippen molar-refractivity contribution in [3.8, 4) is 5.75 Å². The minimum absolute atomic E-state index is 0.0668. The number of rotatable bonds is 9. The second-order valence-corrected chi connectivity index (χ2v) is 5.78. The molecule has 0 aliphatic heterocycles. The fraction of sp³-hybridized carbons (Fsp3) is 0.562. The topological polar surface area (TPSA) is 38.3 Å². The van der Waals surface area contributed by atoms with E-state index >= 15 is 0 Å². The van der Waals surface area contributed by atoms with Gasteiger partial charge in [-0.05, 0) is 24.6 Å². The summed E-state index contributed by atoms with van der Waals surface area (Å²) >= 11 is 3.37. The molecule has 0 saturated heterocycles. The van der Waals surface area contributed by atoms with Gasteiger partial charge in [-0.15, -0.1) is 0 Å². The van der Waals surface area contributed by atoms with Crippen molar-refractivity contribution in [2.24, 2.45) is 0 Å². The second-order valence-electron chi connectivity index (χ2n) is 4.87. The summed E-state index contributed by atoms with van der Waals surface area (Å²) in [6.07, 6.45) is 7.34. The van der Waals surface area contributed by atoms with Crippen molar-refractivity contribution >= 4 is 21.8 Å². The average molecular weight is 342 g/mol. The van der Waals surface area contributed by atoms with E-state index in [2.05, 4.69) is 28.2 Å². The van der Waals surface area contributed by atoms with E-state index < -0.39 is 0 Å². The van der Waals surface area contributed by atoms with Crippen molar-refractivity contribution in [3.63, 3.8) is 0 Å². The molecule has 1 amide bonds. The molecule has 0 atom stereocenters. The summed E-state index contributed by atoms with van der Waals surface area (Å²) in [7, 11) is 1.58. The van der Waals surface area contributed by atoms with Crippen LogP contribution in [0.25, 0.3) is 0 Å². The van der Waals surface area contributed by atoms with E-state index in [1.165, 1.54) is 32.1 Å². The maximum absolute atomic E-state index is 12.1. The highest BCUT2D eigenvalue weighted by Crippen LogP contribution is 2.23. The number of unbranched alkanes of at least 4 members (excludes halogenated alkanes) is 5.